The van der Waals surface area contributed by atoms with Gasteiger partial charge >= 0.3 is 5.97 Å². The van der Waals surface area contributed by atoms with Gasteiger partial charge in [0.1, 0.15) is 23.4 Å². The molecule has 24 heavy (non-hydrogen) atoms. The molecule has 6 heteroatoms. The summed E-state index contributed by atoms with van der Waals surface area (Å²) >= 11 is 0. The van der Waals surface area contributed by atoms with Crippen molar-refractivity contribution in [2.24, 2.45) is 0 Å². The maximum absolute atomic E-state index is 13.5. The summed E-state index contributed by atoms with van der Waals surface area (Å²) in [6, 6.07) is 13.1. The first-order valence-electron chi connectivity index (χ1n) is 7.43. The molecular formula is C18H16FNO3Si. The van der Waals surface area contributed by atoms with Crippen LogP contribution in [0.3, 0.4) is 0 Å². The number of hydrogen-bond donors (Lipinski definition) is 0. The first kappa shape index (κ1) is 17.7. The third kappa shape index (κ3) is 4.93. The zero-order valence-electron chi connectivity index (χ0n) is 13.2. The van der Waals surface area contributed by atoms with Crippen LogP contribution < -0.4 is 9.47 Å². The summed E-state index contributed by atoms with van der Waals surface area (Å²) < 4.78 is 24.2. The van der Waals surface area contributed by atoms with Gasteiger partial charge in [-0.05, 0) is 42.8 Å². The fourth-order valence-corrected chi connectivity index (χ4v) is 2.44. The Kier molecular flexibility index (Phi) is 6.52. The largest absolute Gasteiger partial charge is 0.494 e. The Labute approximate surface area is 142 Å². The molecule has 2 radical (unpaired) electrons. The molecule has 0 aliphatic rings. The third-order valence-corrected chi connectivity index (χ3v) is 4.05. The molecule has 4 nitrogen and oxygen atoms in total. The number of nitrogens with zero attached hydrogens (tertiary/aromatic N) is 1. The van der Waals surface area contributed by atoms with Gasteiger partial charge in [0.05, 0.1) is 17.7 Å². The van der Waals surface area contributed by atoms with E-state index >= 15 is 0 Å². The molecule has 0 aliphatic carbocycles. The van der Waals surface area contributed by atoms with Gasteiger partial charge in [-0.1, -0.05) is 12.6 Å². The Bertz CT molecular complexity index is 741. The normalized spacial score (nSPS) is 10.0. The summed E-state index contributed by atoms with van der Waals surface area (Å²) in [5.41, 5.74) is 0.238. The molecule has 2 aromatic rings. The van der Waals surface area contributed by atoms with Crippen LogP contribution in [0.2, 0.25) is 12.6 Å². The van der Waals surface area contributed by atoms with Crippen molar-refractivity contribution in [1.29, 1.82) is 5.26 Å². The maximum Gasteiger partial charge on any atom is 0.343 e. The molecule has 0 fully saturated rings. The SMILES string of the molecule is C[Si]CCCOc1ccc(C(=O)Oc2ccc(C#N)c(F)c2)cc1. The summed E-state index contributed by atoms with van der Waals surface area (Å²) in [5, 5.41) is 8.68. The van der Waals surface area contributed by atoms with Gasteiger partial charge in [-0.2, -0.15) is 5.26 Å². The maximum atomic E-state index is 13.5. The van der Waals surface area contributed by atoms with Gasteiger partial charge in [0.2, 0.25) is 0 Å². The van der Waals surface area contributed by atoms with E-state index < -0.39 is 11.8 Å². The van der Waals surface area contributed by atoms with E-state index in [0.29, 0.717) is 17.9 Å². The molecule has 122 valence electrons. The van der Waals surface area contributed by atoms with Crippen LogP contribution in [0.1, 0.15) is 22.3 Å². The minimum atomic E-state index is -0.723. The topological polar surface area (TPSA) is 59.3 Å². The number of carbonyl (C=O) groups excluding carboxylic acids is 1. The summed E-state index contributed by atoms with van der Waals surface area (Å²) in [4.78, 5) is 12.0. The minimum Gasteiger partial charge on any atom is -0.494 e. The summed E-state index contributed by atoms with van der Waals surface area (Å²) in [7, 11) is 0.918. The second-order valence-electron chi connectivity index (χ2n) is 4.97. The molecule has 2 rings (SSSR count). The van der Waals surface area contributed by atoms with E-state index in [0.717, 1.165) is 28.1 Å². The molecule has 0 spiro atoms. The van der Waals surface area contributed by atoms with E-state index in [4.69, 9.17) is 14.7 Å². The van der Waals surface area contributed by atoms with Crippen LogP contribution in [0, 0.1) is 17.1 Å². The van der Waals surface area contributed by atoms with Crippen molar-refractivity contribution in [1.82, 2.24) is 0 Å². The highest BCUT2D eigenvalue weighted by atomic mass is 28.2. The molecule has 0 heterocycles. The van der Waals surface area contributed by atoms with E-state index in [1.807, 2.05) is 0 Å². The van der Waals surface area contributed by atoms with Crippen molar-refractivity contribution in [3.05, 3.63) is 59.4 Å². The first-order chi connectivity index (χ1) is 11.6. The smallest absolute Gasteiger partial charge is 0.343 e. The molecule has 0 atom stereocenters. The van der Waals surface area contributed by atoms with E-state index in [2.05, 4.69) is 6.55 Å². The number of benzene rings is 2. The van der Waals surface area contributed by atoms with Gasteiger partial charge < -0.3 is 9.47 Å². The fourth-order valence-electron chi connectivity index (χ4n) is 1.94. The molecular weight excluding hydrogens is 325 g/mol. The molecule has 0 aromatic heterocycles. The van der Waals surface area contributed by atoms with E-state index in [1.54, 1.807) is 30.3 Å². The van der Waals surface area contributed by atoms with Crippen molar-refractivity contribution in [2.75, 3.05) is 6.61 Å². The third-order valence-electron chi connectivity index (χ3n) is 3.20. The Morgan fingerprint density at radius 2 is 1.92 bits per heavy atom. The van der Waals surface area contributed by atoms with Crippen molar-refractivity contribution in [3.63, 3.8) is 0 Å². The summed E-state index contributed by atoms with van der Waals surface area (Å²) in [6.07, 6.45) is 1.00. The predicted molar refractivity (Wildman–Crippen MR) is 89.1 cm³/mol. The average molecular weight is 341 g/mol. The lowest BCUT2D eigenvalue weighted by Crippen LogP contribution is -2.08. The van der Waals surface area contributed by atoms with E-state index in [-0.39, 0.29) is 11.3 Å². The lowest BCUT2D eigenvalue weighted by molar-refractivity contribution is 0.0734. The Hall–Kier alpha value is -2.65. The van der Waals surface area contributed by atoms with Crippen LogP contribution in [0.4, 0.5) is 4.39 Å². The molecule has 0 saturated carbocycles. The number of rotatable bonds is 7. The van der Waals surface area contributed by atoms with Crippen molar-refractivity contribution in [3.8, 4) is 17.6 Å². The monoisotopic (exact) mass is 341 g/mol. The van der Waals surface area contributed by atoms with Gasteiger partial charge in [0.25, 0.3) is 0 Å². The van der Waals surface area contributed by atoms with Crippen LogP contribution in [0.25, 0.3) is 0 Å². The molecule has 0 saturated heterocycles. The standard InChI is InChI=1S/C18H16FNO3Si/c1-24-10-2-9-22-15-6-3-13(4-7-15)18(21)23-16-8-5-14(12-20)17(19)11-16/h3-8,11H,2,9-10H2,1H3. The molecule has 0 aliphatic heterocycles. The lowest BCUT2D eigenvalue weighted by atomic mass is 10.2. The number of esters is 1. The lowest BCUT2D eigenvalue weighted by Gasteiger charge is -2.07. The molecule has 0 amide bonds. The van der Waals surface area contributed by atoms with Crippen molar-refractivity contribution < 1.29 is 18.7 Å². The molecule has 0 N–H and O–H groups in total. The molecule has 2 aromatic carbocycles. The van der Waals surface area contributed by atoms with Gasteiger partial charge in [0, 0.05) is 15.6 Å². The minimum absolute atomic E-state index is 0.0530. The predicted octanol–water partition coefficient (Wildman–Crippen LogP) is 3.86. The van der Waals surface area contributed by atoms with Crippen molar-refractivity contribution in [2.45, 2.75) is 19.0 Å². The van der Waals surface area contributed by atoms with Crippen LogP contribution in [0.5, 0.6) is 11.5 Å². The van der Waals surface area contributed by atoms with Crippen LogP contribution >= 0.6 is 0 Å². The van der Waals surface area contributed by atoms with Gasteiger partial charge in [0.15, 0.2) is 0 Å². The molecule has 0 unspecified atom stereocenters. The van der Waals surface area contributed by atoms with Crippen LogP contribution in [-0.4, -0.2) is 22.1 Å². The Morgan fingerprint density at radius 1 is 1.21 bits per heavy atom. The zero-order valence-corrected chi connectivity index (χ0v) is 14.2. The summed E-state index contributed by atoms with van der Waals surface area (Å²) in [6.45, 7) is 2.80. The number of nitriles is 1. The quantitative estimate of drug-likeness (QED) is 0.332. The first-order valence-corrected chi connectivity index (χ1v) is 9.14. The number of carbonyl (C=O) groups is 1. The van der Waals surface area contributed by atoms with Crippen molar-refractivity contribution >= 4 is 15.5 Å². The average Bonchev–Trinajstić information content (AvgIpc) is 2.59. The van der Waals surface area contributed by atoms with Gasteiger partial charge in [-0.25, -0.2) is 9.18 Å². The number of halogens is 1. The summed E-state index contributed by atoms with van der Waals surface area (Å²) in [5.74, 6) is -0.579. The van der Waals surface area contributed by atoms with Gasteiger partial charge in [-0.15, -0.1) is 0 Å². The number of hydrogen-bond acceptors (Lipinski definition) is 4. The van der Waals surface area contributed by atoms with Gasteiger partial charge in [-0.3, -0.25) is 0 Å². The number of ether oxygens (including phenoxy) is 2. The highest BCUT2D eigenvalue weighted by Crippen LogP contribution is 2.19. The second-order valence-corrected chi connectivity index (χ2v) is 6.18. The van der Waals surface area contributed by atoms with E-state index in [9.17, 15) is 9.18 Å². The zero-order chi connectivity index (χ0) is 17.4. The Balaban J connectivity index is 1.95. The second kappa shape index (κ2) is 8.84. The van der Waals surface area contributed by atoms with Crippen LogP contribution in [-0.2, 0) is 0 Å². The van der Waals surface area contributed by atoms with E-state index in [1.165, 1.54) is 12.1 Å². The molecule has 0 bridgehead atoms. The highest BCUT2D eigenvalue weighted by Gasteiger charge is 2.11. The Morgan fingerprint density at radius 3 is 2.54 bits per heavy atom. The fraction of sp³-hybridized carbons (Fsp3) is 0.222. The highest BCUT2D eigenvalue weighted by molar-refractivity contribution is 6.33. The van der Waals surface area contributed by atoms with Crippen LogP contribution in [0.15, 0.2) is 42.5 Å².